The number of amides is 2. The molecule has 2 aliphatic heterocycles. The lowest BCUT2D eigenvalue weighted by atomic mass is 9.51. The number of nitrogens with one attached hydrogen (secondary N) is 2. The lowest BCUT2D eigenvalue weighted by Gasteiger charge is -2.60. The van der Waals surface area contributed by atoms with Gasteiger partial charge < -0.3 is 44.1 Å². The summed E-state index contributed by atoms with van der Waals surface area (Å²) < 4.78 is 32.0. The van der Waals surface area contributed by atoms with Crippen LogP contribution in [0.1, 0.15) is 64.7 Å². The van der Waals surface area contributed by atoms with Crippen LogP contribution >= 0.6 is 0 Å². The largest absolute Gasteiger partial charge is 0.511 e. The van der Waals surface area contributed by atoms with Gasteiger partial charge in [0, 0.05) is 62.6 Å². The van der Waals surface area contributed by atoms with Gasteiger partial charge in [-0.05, 0) is 72.2 Å². The molecule has 296 valence electrons. The first kappa shape index (κ1) is 39.8. The average Bonchev–Trinajstić information content (AvgIpc) is 3.73. The number of rotatable bonds is 8. The second kappa shape index (κ2) is 14.0. The average molecular weight is 755 g/mol. The fourth-order valence-electron chi connectivity index (χ4n) is 9.30. The van der Waals surface area contributed by atoms with E-state index in [-0.39, 0.29) is 73.6 Å². The molecule has 2 heterocycles. The van der Waals surface area contributed by atoms with Crippen molar-refractivity contribution in [1.29, 1.82) is 0 Å². The number of fused-ring (bicyclic) bond motifs is 6. The number of hydrogen-bond acceptors (Lipinski definition) is 14. The molecule has 3 aliphatic carbocycles. The molecule has 1 aromatic carbocycles. The molecule has 2 fully saturated rings. The van der Waals surface area contributed by atoms with E-state index in [0.29, 0.717) is 29.5 Å². The van der Waals surface area contributed by atoms with Gasteiger partial charge >= 0.3 is 5.97 Å². The fraction of sp³-hybridized carbons (Fsp3) is 0.641. The van der Waals surface area contributed by atoms with Gasteiger partial charge in [0.05, 0.1) is 50.0 Å². The van der Waals surface area contributed by atoms with Crippen molar-refractivity contribution >= 4 is 29.3 Å². The summed E-state index contributed by atoms with van der Waals surface area (Å²) in [5.41, 5.74) is 0.523. The Balaban J connectivity index is 1.64. The number of aliphatic hydroxyl groups excluding tert-OH is 2. The summed E-state index contributed by atoms with van der Waals surface area (Å²) in [6.07, 6.45) is 0.619. The zero-order valence-corrected chi connectivity index (χ0v) is 32.9. The zero-order chi connectivity index (χ0) is 39.7. The van der Waals surface area contributed by atoms with Crippen molar-refractivity contribution in [1.82, 2.24) is 15.5 Å². The molecule has 4 N–H and O–H groups in total. The molecule has 2 spiro atoms. The van der Waals surface area contributed by atoms with Gasteiger partial charge in [0.2, 0.25) is 17.5 Å². The lowest BCUT2D eigenvalue weighted by Crippen LogP contribution is -2.67. The van der Waals surface area contributed by atoms with Crippen molar-refractivity contribution in [2.45, 2.75) is 84.0 Å². The van der Waals surface area contributed by atoms with Crippen LogP contribution in [0.5, 0.6) is 5.75 Å². The third-order valence-electron chi connectivity index (χ3n) is 11.3. The second-order valence-corrected chi connectivity index (χ2v) is 16.6. The van der Waals surface area contributed by atoms with Crippen LogP contribution < -0.4 is 20.3 Å². The van der Waals surface area contributed by atoms with Crippen LogP contribution in [0, 0.1) is 17.3 Å². The maximum Gasteiger partial charge on any atom is 0.308 e. The molecule has 54 heavy (non-hydrogen) atoms. The normalized spacial score (nSPS) is 26.8. The van der Waals surface area contributed by atoms with E-state index in [2.05, 4.69) is 10.6 Å². The van der Waals surface area contributed by atoms with Crippen molar-refractivity contribution in [2.24, 2.45) is 17.3 Å². The standard InChI is InChI=1S/C39H54N4O11/c1-20(44)41-35(49)30-32(47)31(43(9)10)26-17-22-16-25-27(42(7)8)18-23(15-24(46)19-40-36(3,4)5)33(54-21(2)45)29(25)38(50-11-12-51-38)28(22)34(48)37(26,6)39(30)52-13-14-53-39/h18,22,26,31,40,47-48H,11-17,19H2,1-10H3,(H,41,44,49)/t22-,26-,31-,37+/m0/s1. The summed E-state index contributed by atoms with van der Waals surface area (Å²) in [5.74, 6) is -7.57. The number of Topliss-reactive ketones (excluding diaryl/α,β-unsaturated/α-hetero) is 1. The summed E-state index contributed by atoms with van der Waals surface area (Å²) in [4.78, 5) is 56.2. The molecule has 0 radical (unpaired) electrons. The van der Waals surface area contributed by atoms with Crippen molar-refractivity contribution in [2.75, 3.05) is 66.1 Å². The van der Waals surface area contributed by atoms with Gasteiger partial charge in [-0.15, -0.1) is 0 Å². The van der Waals surface area contributed by atoms with Gasteiger partial charge in [-0.25, -0.2) is 0 Å². The smallest absolute Gasteiger partial charge is 0.308 e. The summed E-state index contributed by atoms with van der Waals surface area (Å²) >= 11 is 0. The quantitative estimate of drug-likeness (QED) is 0.224. The highest BCUT2D eigenvalue weighted by Gasteiger charge is 2.73. The van der Waals surface area contributed by atoms with E-state index in [1.165, 1.54) is 13.8 Å². The Kier molecular flexibility index (Phi) is 10.3. The van der Waals surface area contributed by atoms with Crippen LogP contribution in [0.15, 0.2) is 28.7 Å². The van der Waals surface area contributed by atoms with Gasteiger partial charge in [-0.1, -0.05) is 0 Å². The predicted molar refractivity (Wildman–Crippen MR) is 196 cm³/mol. The number of likely N-dealkylation sites (N-methyl/N-ethyl adjacent to an activating group) is 1. The number of benzene rings is 1. The van der Waals surface area contributed by atoms with Crippen molar-refractivity contribution in [3.8, 4) is 5.75 Å². The molecule has 5 aliphatic rings. The first-order valence-electron chi connectivity index (χ1n) is 18.4. The number of carbonyl (C=O) groups is 4. The molecular formula is C39H54N4O11. The van der Waals surface area contributed by atoms with E-state index < -0.39 is 52.7 Å². The predicted octanol–water partition coefficient (Wildman–Crippen LogP) is 2.55. The van der Waals surface area contributed by atoms with Gasteiger partial charge in [0.25, 0.3) is 5.91 Å². The van der Waals surface area contributed by atoms with E-state index in [4.69, 9.17) is 23.7 Å². The number of ether oxygens (including phenoxy) is 5. The molecule has 2 saturated heterocycles. The molecular weight excluding hydrogens is 700 g/mol. The van der Waals surface area contributed by atoms with E-state index in [1.807, 2.05) is 45.8 Å². The Hall–Kier alpha value is -3.86. The first-order valence-corrected chi connectivity index (χ1v) is 18.4. The van der Waals surface area contributed by atoms with Crippen LogP contribution in [0.25, 0.3) is 0 Å². The molecule has 4 atom stereocenters. The van der Waals surface area contributed by atoms with Gasteiger partial charge in [-0.2, -0.15) is 0 Å². The maximum absolute atomic E-state index is 13.9. The van der Waals surface area contributed by atoms with Gasteiger partial charge in [-0.3, -0.25) is 29.4 Å². The number of carbonyl (C=O) groups excluding carboxylic acids is 4. The first-order chi connectivity index (χ1) is 25.2. The molecule has 15 nitrogen and oxygen atoms in total. The molecule has 2 amide bonds. The third kappa shape index (κ3) is 6.22. The van der Waals surface area contributed by atoms with Crippen LogP contribution in [0.4, 0.5) is 5.69 Å². The number of hydrogen-bond donors (Lipinski definition) is 4. The number of imide groups is 1. The molecule has 0 unspecified atom stereocenters. The third-order valence-corrected chi connectivity index (χ3v) is 11.3. The highest BCUT2D eigenvalue weighted by atomic mass is 16.7. The Bertz CT molecular complexity index is 1810. The highest BCUT2D eigenvalue weighted by Crippen LogP contribution is 2.67. The Morgan fingerprint density at radius 2 is 1.59 bits per heavy atom. The van der Waals surface area contributed by atoms with Crippen LogP contribution in [0.3, 0.4) is 0 Å². The molecule has 0 saturated carbocycles. The van der Waals surface area contributed by atoms with Crippen LogP contribution in [0.2, 0.25) is 0 Å². The number of nitrogens with zero attached hydrogens (tertiary/aromatic N) is 2. The van der Waals surface area contributed by atoms with Crippen molar-refractivity contribution in [3.63, 3.8) is 0 Å². The molecule has 0 aromatic heterocycles. The summed E-state index contributed by atoms with van der Waals surface area (Å²) in [6.45, 7) is 10.5. The topological polar surface area (TPSA) is 185 Å². The Morgan fingerprint density at radius 3 is 2.13 bits per heavy atom. The molecule has 1 aromatic rings. The number of ketones is 1. The van der Waals surface area contributed by atoms with Crippen molar-refractivity contribution in [3.05, 3.63) is 45.4 Å². The fourth-order valence-corrected chi connectivity index (χ4v) is 9.30. The number of aliphatic hydroxyl groups is 2. The minimum Gasteiger partial charge on any atom is -0.511 e. The van der Waals surface area contributed by atoms with Crippen LogP contribution in [-0.4, -0.2) is 117 Å². The van der Waals surface area contributed by atoms with E-state index in [9.17, 15) is 29.4 Å². The van der Waals surface area contributed by atoms with Crippen LogP contribution in [-0.2, 0) is 56.8 Å². The molecule has 0 bridgehead atoms. The monoisotopic (exact) mass is 754 g/mol. The maximum atomic E-state index is 13.9. The SMILES string of the molecule is CC(=O)NC(=O)C1=C(O)[C@@H](N(C)C)[C@@H]2C[C@@H]3Cc4c(N(C)C)cc(CC(=O)CNC(C)(C)C)c(OC(C)=O)c4C4(OCCO4)C3=C(O)[C@]2(C)C12OCCO2. The van der Waals surface area contributed by atoms with E-state index in [1.54, 1.807) is 25.9 Å². The highest BCUT2D eigenvalue weighted by molar-refractivity contribution is 6.05. The van der Waals surface area contributed by atoms with Gasteiger partial charge in [0.15, 0.2) is 5.78 Å². The molecule has 6 rings (SSSR count). The summed E-state index contributed by atoms with van der Waals surface area (Å²) in [5, 5.41) is 30.6. The van der Waals surface area contributed by atoms with E-state index >= 15 is 0 Å². The second-order valence-electron chi connectivity index (χ2n) is 16.6. The Labute approximate surface area is 315 Å². The minimum absolute atomic E-state index is 0.0380. The summed E-state index contributed by atoms with van der Waals surface area (Å²) in [7, 11) is 7.30. The number of anilines is 1. The minimum atomic E-state index is -2.02. The lowest BCUT2D eigenvalue weighted by molar-refractivity contribution is -0.245. The van der Waals surface area contributed by atoms with E-state index in [0.717, 1.165) is 11.3 Å². The summed E-state index contributed by atoms with van der Waals surface area (Å²) in [6, 6.07) is 1.05. The zero-order valence-electron chi connectivity index (χ0n) is 32.9. The number of esters is 1. The molecule has 15 heteroatoms. The van der Waals surface area contributed by atoms with Crippen molar-refractivity contribution < 1.29 is 53.1 Å². The Morgan fingerprint density at radius 1 is 0.981 bits per heavy atom. The van der Waals surface area contributed by atoms with Gasteiger partial charge in [0.1, 0.15) is 22.8 Å².